The lowest BCUT2D eigenvalue weighted by Gasteiger charge is -2.11. The van der Waals surface area contributed by atoms with E-state index < -0.39 is 15.8 Å². The molecule has 30 heavy (non-hydrogen) atoms. The standard InChI is InChI=1S/C24H24O5S/c1-28-24(25)18-29-23-14-6-12-21-20(10-5-13-22(21)23)11-7-16-30(26,27)17-15-19-8-3-2-4-9-19/h2-6,8-10,12-15,17H,7,11,16,18H2,1H3. The Balaban J connectivity index is 1.67. The first-order valence-electron chi connectivity index (χ1n) is 9.64. The number of carbonyl (C=O) groups is 1. The summed E-state index contributed by atoms with van der Waals surface area (Å²) in [5.74, 6) is 0.223. The van der Waals surface area contributed by atoms with Gasteiger partial charge in [-0.1, -0.05) is 60.7 Å². The molecule has 3 rings (SSSR count). The predicted molar refractivity (Wildman–Crippen MR) is 119 cm³/mol. The molecule has 3 aromatic carbocycles. The van der Waals surface area contributed by atoms with Crippen LogP contribution < -0.4 is 4.74 Å². The van der Waals surface area contributed by atoms with Gasteiger partial charge in [0.05, 0.1) is 12.9 Å². The van der Waals surface area contributed by atoms with Crippen LogP contribution in [-0.4, -0.2) is 33.9 Å². The van der Waals surface area contributed by atoms with Gasteiger partial charge < -0.3 is 9.47 Å². The van der Waals surface area contributed by atoms with E-state index in [4.69, 9.17) is 4.74 Å². The second-order valence-electron chi connectivity index (χ2n) is 6.82. The number of sulfone groups is 1. The number of carbonyl (C=O) groups excluding carboxylic acids is 1. The number of fused-ring (bicyclic) bond motifs is 1. The molecular formula is C24H24O5S. The normalized spacial score (nSPS) is 11.6. The van der Waals surface area contributed by atoms with Crippen molar-refractivity contribution in [2.45, 2.75) is 12.8 Å². The maximum atomic E-state index is 12.3. The first-order chi connectivity index (χ1) is 14.5. The van der Waals surface area contributed by atoms with Gasteiger partial charge in [-0.2, -0.15) is 0 Å². The van der Waals surface area contributed by atoms with Gasteiger partial charge in [-0.25, -0.2) is 13.2 Å². The molecule has 0 saturated carbocycles. The van der Waals surface area contributed by atoms with E-state index in [0.29, 0.717) is 18.6 Å². The van der Waals surface area contributed by atoms with Crippen molar-refractivity contribution in [1.82, 2.24) is 0 Å². The molecule has 0 fully saturated rings. The van der Waals surface area contributed by atoms with Crippen LogP contribution >= 0.6 is 0 Å². The molecule has 156 valence electrons. The highest BCUT2D eigenvalue weighted by molar-refractivity contribution is 7.94. The summed E-state index contributed by atoms with van der Waals surface area (Å²) in [5.41, 5.74) is 1.90. The van der Waals surface area contributed by atoms with Gasteiger partial charge in [-0.15, -0.1) is 0 Å². The highest BCUT2D eigenvalue weighted by Gasteiger charge is 2.10. The van der Waals surface area contributed by atoms with Gasteiger partial charge in [-0.05, 0) is 41.5 Å². The Bertz CT molecular complexity index is 1130. The summed E-state index contributed by atoms with van der Waals surface area (Å²) in [4.78, 5) is 11.4. The van der Waals surface area contributed by atoms with Crippen LogP contribution in [-0.2, 0) is 25.8 Å². The van der Waals surface area contributed by atoms with Crippen molar-refractivity contribution in [1.29, 1.82) is 0 Å². The second kappa shape index (κ2) is 10.1. The molecule has 0 aliphatic carbocycles. The summed E-state index contributed by atoms with van der Waals surface area (Å²) in [6.45, 7) is -0.161. The first-order valence-corrected chi connectivity index (χ1v) is 11.4. The van der Waals surface area contributed by atoms with E-state index in [1.807, 2.05) is 60.7 Å². The van der Waals surface area contributed by atoms with Crippen molar-refractivity contribution in [2.24, 2.45) is 0 Å². The van der Waals surface area contributed by atoms with Crippen LogP contribution in [0.3, 0.4) is 0 Å². The van der Waals surface area contributed by atoms with Gasteiger partial charge in [0.15, 0.2) is 16.4 Å². The van der Waals surface area contributed by atoms with Crippen molar-refractivity contribution >= 4 is 32.7 Å². The summed E-state index contributed by atoms with van der Waals surface area (Å²) < 4.78 is 34.9. The van der Waals surface area contributed by atoms with E-state index in [0.717, 1.165) is 21.9 Å². The number of methoxy groups -OCH3 is 1. The molecule has 0 spiro atoms. The third-order valence-electron chi connectivity index (χ3n) is 4.69. The third-order valence-corrected chi connectivity index (χ3v) is 6.10. The highest BCUT2D eigenvalue weighted by Crippen LogP contribution is 2.28. The Morgan fingerprint density at radius 1 is 0.933 bits per heavy atom. The van der Waals surface area contributed by atoms with Gasteiger partial charge in [-0.3, -0.25) is 0 Å². The molecule has 0 aliphatic heterocycles. The van der Waals surface area contributed by atoms with E-state index in [-0.39, 0.29) is 12.4 Å². The fraction of sp³-hybridized carbons (Fsp3) is 0.208. The molecule has 0 radical (unpaired) electrons. The quantitative estimate of drug-likeness (QED) is 0.476. The average Bonchev–Trinajstić information content (AvgIpc) is 2.77. The molecule has 0 saturated heterocycles. The summed E-state index contributed by atoms with van der Waals surface area (Å²) >= 11 is 0. The molecule has 6 heteroatoms. The number of benzene rings is 3. The number of rotatable bonds is 9. The van der Waals surface area contributed by atoms with Gasteiger partial charge in [0, 0.05) is 10.8 Å². The molecule has 0 atom stereocenters. The van der Waals surface area contributed by atoms with Crippen LogP contribution in [0.4, 0.5) is 0 Å². The zero-order chi connectivity index (χ0) is 21.4. The van der Waals surface area contributed by atoms with Crippen molar-refractivity contribution in [3.8, 4) is 5.75 Å². The van der Waals surface area contributed by atoms with E-state index >= 15 is 0 Å². The fourth-order valence-corrected chi connectivity index (χ4v) is 4.21. The predicted octanol–water partition coefficient (Wildman–Crippen LogP) is 4.41. The fourth-order valence-electron chi connectivity index (χ4n) is 3.16. The van der Waals surface area contributed by atoms with E-state index in [1.54, 1.807) is 12.1 Å². The van der Waals surface area contributed by atoms with Crippen molar-refractivity contribution in [3.63, 3.8) is 0 Å². The van der Waals surface area contributed by atoms with Crippen LogP contribution in [0, 0.1) is 0 Å². The maximum Gasteiger partial charge on any atom is 0.343 e. The van der Waals surface area contributed by atoms with Crippen LogP contribution in [0.25, 0.3) is 16.8 Å². The number of ether oxygens (including phenoxy) is 2. The van der Waals surface area contributed by atoms with E-state index in [9.17, 15) is 13.2 Å². The minimum absolute atomic E-state index is 0.0747. The smallest absolute Gasteiger partial charge is 0.343 e. The maximum absolute atomic E-state index is 12.3. The van der Waals surface area contributed by atoms with E-state index in [1.165, 1.54) is 12.5 Å². The molecule has 0 bridgehead atoms. The zero-order valence-electron chi connectivity index (χ0n) is 16.8. The molecule has 3 aromatic rings. The van der Waals surface area contributed by atoms with Gasteiger partial charge >= 0.3 is 5.97 Å². The Morgan fingerprint density at radius 3 is 2.43 bits per heavy atom. The lowest BCUT2D eigenvalue weighted by atomic mass is 10.0. The highest BCUT2D eigenvalue weighted by atomic mass is 32.2. The van der Waals surface area contributed by atoms with E-state index in [2.05, 4.69) is 4.74 Å². The molecule has 0 unspecified atom stereocenters. The summed E-state index contributed by atoms with van der Waals surface area (Å²) in [6.07, 6.45) is 2.75. The Labute approximate surface area is 176 Å². The number of hydrogen-bond acceptors (Lipinski definition) is 5. The minimum Gasteiger partial charge on any atom is -0.481 e. The summed E-state index contributed by atoms with van der Waals surface area (Å²) in [7, 11) is -1.97. The Hall–Kier alpha value is -3.12. The van der Waals surface area contributed by atoms with Crippen molar-refractivity contribution < 1.29 is 22.7 Å². The van der Waals surface area contributed by atoms with Gasteiger partial charge in [0.2, 0.25) is 0 Å². The number of aryl methyl sites for hydroxylation is 1. The molecule has 5 nitrogen and oxygen atoms in total. The van der Waals surface area contributed by atoms with Crippen LogP contribution in [0.1, 0.15) is 17.5 Å². The van der Waals surface area contributed by atoms with Crippen molar-refractivity contribution in [2.75, 3.05) is 19.5 Å². The van der Waals surface area contributed by atoms with Crippen molar-refractivity contribution in [3.05, 3.63) is 83.3 Å². The second-order valence-corrected chi connectivity index (χ2v) is 8.82. The molecule has 0 N–H and O–H groups in total. The lowest BCUT2D eigenvalue weighted by molar-refractivity contribution is -0.142. The van der Waals surface area contributed by atoms with Crippen LogP contribution in [0.5, 0.6) is 5.75 Å². The topological polar surface area (TPSA) is 69.7 Å². The third kappa shape index (κ3) is 5.94. The summed E-state index contributed by atoms with van der Waals surface area (Å²) in [5, 5.41) is 3.15. The Kier molecular flexibility index (Phi) is 7.25. The SMILES string of the molecule is COC(=O)COc1cccc2c(CCCS(=O)(=O)C=Cc3ccccc3)cccc12. The van der Waals surface area contributed by atoms with Crippen LogP contribution in [0.2, 0.25) is 0 Å². The van der Waals surface area contributed by atoms with Gasteiger partial charge in [0.25, 0.3) is 0 Å². The monoisotopic (exact) mass is 424 g/mol. The van der Waals surface area contributed by atoms with Gasteiger partial charge in [0.1, 0.15) is 5.75 Å². The first kappa shape index (κ1) is 21.6. The van der Waals surface area contributed by atoms with Crippen LogP contribution in [0.15, 0.2) is 72.1 Å². The number of esters is 1. The lowest BCUT2D eigenvalue weighted by Crippen LogP contribution is -2.12. The zero-order valence-corrected chi connectivity index (χ0v) is 17.6. The Morgan fingerprint density at radius 2 is 1.67 bits per heavy atom. The average molecular weight is 425 g/mol. The largest absolute Gasteiger partial charge is 0.481 e. The molecule has 0 amide bonds. The molecule has 0 aromatic heterocycles. The number of hydrogen-bond donors (Lipinski definition) is 0. The summed E-state index contributed by atoms with van der Waals surface area (Å²) in [6, 6.07) is 20.8. The molecular weight excluding hydrogens is 400 g/mol. The molecule has 0 aliphatic rings. The molecule has 0 heterocycles. The minimum atomic E-state index is -3.29.